The van der Waals surface area contributed by atoms with Crippen LogP contribution in [0, 0.1) is 6.92 Å². The zero-order valence-electron chi connectivity index (χ0n) is 12.7. The first kappa shape index (κ1) is 16.0. The summed E-state index contributed by atoms with van der Waals surface area (Å²) < 4.78 is 0. The molecule has 0 radical (unpaired) electrons. The van der Waals surface area contributed by atoms with Crippen molar-refractivity contribution in [1.29, 1.82) is 0 Å². The fraction of sp³-hybridized carbons (Fsp3) is 0.105. The molecule has 112 valence electrons. The van der Waals surface area contributed by atoms with Gasteiger partial charge in [-0.15, -0.1) is 0 Å². The van der Waals surface area contributed by atoms with Gasteiger partial charge < -0.3 is 5.43 Å². The predicted molar refractivity (Wildman–Crippen MR) is 99.2 cm³/mol. The molecular formula is C19H20N2S. The van der Waals surface area contributed by atoms with Gasteiger partial charge in [-0.1, -0.05) is 80.0 Å². The molecule has 0 atom stereocenters. The molecule has 2 rings (SSSR count). The van der Waals surface area contributed by atoms with Crippen LogP contribution in [0.5, 0.6) is 0 Å². The Hall–Kier alpha value is -2.39. The van der Waals surface area contributed by atoms with E-state index in [1.165, 1.54) is 5.56 Å². The summed E-state index contributed by atoms with van der Waals surface area (Å²) >= 11 is 5.36. The maximum Gasteiger partial charge on any atom is 0.0983 e. The van der Waals surface area contributed by atoms with Gasteiger partial charge in [0.05, 0.1) is 10.7 Å². The molecule has 2 aromatic carbocycles. The Balaban J connectivity index is 1.87. The second-order valence-electron chi connectivity index (χ2n) is 5.11. The smallest absolute Gasteiger partial charge is 0.0983 e. The van der Waals surface area contributed by atoms with Gasteiger partial charge in [-0.3, -0.25) is 5.43 Å². The van der Waals surface area contributed by atoms with Gasteiger partial charge in [-0.2, -0.15) is 0 Å². The van der Waals surface area contributed by atoms with Gasteiger partial charge in [-0.05, 0) is 23.6 Å². The van der Waals surface area contributed by atoms with Gasteiger partial charge in [0.1, 0.15) is 0 Å². The van der Waals surface area contributed by atoms with Gasteiger partial charge >= 0.3 is 0 Å². The summed E-state index contributed by atoms with van der Waals surface area (Å²) in [7, 11) is 0. The lowest BCUT2D eigenvalue weighted by atomic mass is 10.1. The summed E-state index contributed by atoms with van der Waals surface area (Å²) in [6.07, 6.45) is 0.605. The quantitative estimate of drug-likeness (QED) is 0.607. The maximum atomic E-state index is 5.36. The minimum absolute atomic E-state index is 0.605. The second-order valence-corrected chi connectivity index (χ2v) is 5.61. The van der Waals surface area contributed by atoms with Crippen molar-refractivity contribution in [1.82, 2.24) is 10.9 Å². The van der Waals surface area contributed by atoms with E-state index in [9.17, 15) is 0 Å². The molecule has 0 aromatic heterocycles. The Kier molecular flexibility index (Phi) is 5.50. The summed E-state index contributed by atoms with van der Waals surface area (Å²) in [4.78, 5) is 0.684. The third-order valence-corrected chi connectivity index (χ3v) is 3.63. The summed E-state index contributed by atoms with van der Waals surface area (Å²) in [5, 5.41) is 0. The number of hydrazine groups is 1. The number of hydrogen-bond donors (Lipinski definition) is 2. The van der Waals surface area contributed by atoms with Crippen molar-refractivity contribution in [2.45, 2.75) is 13.3 Å². The minimum atomic E-state index is 0.605. The van der Waals surface area contributed by atoms with Crippen LogP contribution in [0.25, 0.3) is 11.3 Å². The highest BCUT2D eigenvalue weighted by Gasteiger charge is 2.05. The molecule has 0 aliphatic carbocycles. The van der Waals surface area contributed by atoms with E-state index in [0.717, 1.165) is 22.4 Å². The van der Waals surface area contributed by atoms with Crippen LogP contribution in [0.3, 0.4) is 0 Å². The zero-order valence-corrected chi connectivity index (χ0v) is 13.5. The first-order valence-electron chi connectivity index (χ1n) is 7.11. The molecule has 0 unspecified atom stereocenters. The van der Waals surface area contributed by atoms with Crippen molar-refractivity contribution < 1.29 is 0 Å². The predicted octanol–water partition coefficient (Wildman–Crippen LogP) is 4.49. The molecule has 0 spiro atoms. The van der Waals surface area contributed by atoms with Crippen LogP contribution in [-0.4, -0.2) is 4.99 Å². The number of rotatable bonds is 6. The fourth-order valence-electron chi connectivity index (χ4n) is 2.14. The first-order valence-corrected chi connectivity index (χ1v) is 7.51. The third kappa shape index (κ3) is 4.30. The molecule has 2 nitrogen and oxygen atoms in total. The number of aryl methyl sites for hydroxylation is 1. The maximum absolute atomic E-state index is 5.36. The second kappa shape index (κ2) is 7.57. The van der Waals surface area contributed by atoms with Gasteiger partial charge in [0.25, 0.3) is 0 Å². The van der Waals surface area contributed by atoms with Crippen molar-refractivity contribution >= 4 is 28.5 Å². The molecule has 2 N–H and O–H groups in total. The van der Waals surface area contributed by atoms with Crippen molar-refractivity contribution in [3.8, 4) is 0 Å². The summed E-state index contributed by atoms with van der Waals surface area (Å²) in [6, 6.07) is 18.1. The number of nitrogens with one attached hydrogen (secondary N) is 2. The van der Waals surface area contributed by atoms with E-state index in [0.29, 0.717) is 11.4 Å². The van der Waals surface area contributed by atoms with E-state index < -0.39 is 0 Å². The lowest BCUT2D eigenvalue weighted by Crippen LogP contribution is -2.34. The van der Waals surface area contributed by atoms with Gasteiger partial charge in [0.15, 0.2) is 0 Å². The Morgan fingerprint density at radius 2 is 1.59 bits per heavy atom. The molecule has 3 heteroatoms. The van der Waals surface area contributed by atoms with Gasteiger partial charge in [0, 0.05) is 12.0 Å². The highest BCUT2D eigenvalue weighted by molar-refractivity contribution is 7.80. The number of hydrogen-bond acceptors (Lipinski definition) is 2. The van der Waals surface area contributed by atoms with Crippen molar-refractivity contribution in [2.24, 2.45) is 0 Å². The molecule has 0 amide bonds. The standard InChI is InChI=1S/C19H20N2S/c1-14-9-7-8-12-18(14)16(3)20-21-19(22)13-15(2)17-10-5-4-6-11-17/h4-12,20H,2-3,13H2,1H3,(H,21,22). The van der Waals surface area contributed by atoms with Crippen LogP contribution in [0.4, 0.5) is 0 Å². The van der Waals surface area contributed by atoms with Crippen molar-refractivity contribution in [3.63, 3.8) is 0 Å². The van der Waals surface area contributed by atoms with Crippen LogP contribution >= 0.6 is 12.2 Å². The Morgan fingerprint density at radius 3 is 2.27 bits per heavy atom. The molecule has 0 aliphatic rings. The Bertz CT molecular complexity index is 690. The lowest BCUT2D eigenvalue weighted by molar-refractivity contribution is 0.842. The zero-order chi connectivity index (χ0) is 15.9. The fourth-order valence-corrected chi connectivity index (χ4v) is 2.36. The van der Waals surface area contributed by atoms with Gasteiger partial charge in [-0.25, -0.2) is 0 Å². The van der Waals surface area contributed by atoms with Gasteiger partial charge in [0.2, 0.25) is 0 Å². The van der Waals surface area contributed by atoms with E-state index in [-0.39, 0.29) is 0 Å². The van der Waals surface area contributed by atoms with Crippen LogP contribution < -0.4 is 10.9 Å². The summed E-state index contributed by atoms with van der Waals surface area (Å²) in [5.41, 5.74) is 11.2. The average molecular weight is 308 g/mol. The van der Waals surface area contributed by atoms with Crippen LogP contribution in [0.15, 0.2) is 67.8 Å². The van der Waals surface area contributed by atoms with Crippen LogP contribution in [0.2, 0.25) is 0 Å². The van der Waals surface area contributed by atoms with E-state index in [4.69, 9.17) is 12.2 Å². The SMILES string of the molecule is C=C(CC(=S)NNC(=C)c1ccccc1C)c1ccccc1. The summed E-state index contributed by atoms with van der Waals surface area (Å²) in [5.74, 6) is 0. The molecule has 2 aromatic rings. The average Bonchev–Trinajstić information content (AvgIpc) is 2.54. The van der Waals surface area contributed by atoms with Crippen LogP contribution in [0.1, 0.15) is 23.1 Å². The normalized spacial score (nSPS) is 9.86. The van der Waals surface area contributed by atoms with E-state index in [2.05, 4.69) is 37.0 Å². The molecule has 0 saturated heterocycles. The minimum Gasteiger partial charge on any atom is -0.300 e. The largest absolute Gasteiger partial charge is 0.300 e. The van der Waals surface area contributed by atoms with Crippen LogP contribution in [-0.2, 0) is 0 Å². The summed E-state index contributed by atoms with van der Waals surface area (Å²) in [6.45, 7) is 10.2. The Labute approximate surface area is 137 Å². The van der Waals surface area contributed by atoms with E-state index in [1.807, 2.05) is 48.5 Å². The number of thiocarbonyl (C=S) groups is 1. The monoisotopic (exact) mass is 308 g/mol. The molecular weight excluding hydrogens is 288 g/mol. The number of benzene rings is 2. The third-order valence-electron chi connectivity index (χ3n) is 3.38. The van der Waals surface area contributed by atoms with Crippen molar-refractivity contribution in [2.75, 3.05) is 0 Å². The molecule has 0 saturated carbocycles. The molecule has 0 aliphatic heterocycles. The molecule has 22 heavy (non-hydrogen) atoms. The first-order chi connectivity index (χ1) is 10.6. The van der Waals surface area contributed by atoms with E-state index in [1.54, 1.807) is 0 Å². The molecule has 0 fully saturated rings. The molecule has 0 bridgehead atoms. The highest BCUT2D eigenvalue weighted by atomic mass is 32.1. The Morgan fingerprint density at radius 1 is 0.955 bits per heavy atom. The highest BCUT2D eigenvalue weighted by Crippen LogP contribution is 2.16. The van der Waals surface area contributed by atoms with E-state index >= 15 is 0 Å². The lowest BCUT2D eigenvalue weighted by Gasteiger charge is -2.15. The van der Waals surface area contributed by atoms with Crippen molar-refractivity contribution in [3.05, 3.63) is 84.4 Å². The molecule has 0 heterocycles. The topological polar surface area (TPSA) is 24.1 Å².